The van der Waals surface area contributed by atoms with Gasteiger partial charge in [0.1, 0.15) is 0 Å². The number of anilines is 1. The summed E-state index contributed by atoms with van der Waals surface area (Å²) in [5.41, 5.74) is 1.34. The smallest absolute Gasteiger partial charge is 0.322 e. The highest BCUT2D eigenvalue weighted by molar-refractivity contribution is 6.05. The maximum Gasteiger partial charge on any atom is 0.322 e. The Kier molecular flexibility index (Phi) is 3.51. The van der Waals surface area contributed by atoms with Gasteiger partial charge in [0.25, 0.3) is 5.91 Å². The van der Waals surface area contributed by atoms with E-state index in [1.807, 2.05) is 66.7 Å². The van der Waals surface area contributed by atoms with Gasteiger partial charge in [-0.15, -0.1) is 5.10 Å². The van der Waals surface area contributed by atoms with Gasteiger partial charge in [-0.1, -0.05) is 53.6 Å². The molecule has 0 radical (unpaired) electrons. The van der Waals surface area contributed by atoms with Crippen molar-refractivity contribution in [1.29, 1.82) is 0 Å². The molecule has 0 aliphatic carbocycles. The predicted molar refractivity (Wildman–Crippen MR) is 91.6 cm³/mol. The number of aromatic nitrogens is 2. The van der Waals surface area contributed by atoms with Gasteiger partial charge in [-0.25, -0.2) is 0 Å². The third-order valence-corrected chi connectivity index (χ3v) is 3.68. The largest absolute Gasteiger partial charge is 0.403 e. The normalized spacial score (nSPS) is 10.7. The average molecular weight is 315 g/mol. The first-order valence-corrected chi connectivity index (χ1v) is 7.49. The predicted octanol–water partition coefficient (Wildman–Crippen LogP) is 4.14. The van der Waals surface area contributed by atoms with E-state index in [9.17, 15) is 4.79 Å². The van der Waals surface area contributed by atoms with Crippen LogP contribution in [0.4, 0.5) is 6.01 Å². The van der Waals surface area contributed by atoms with Gasteiger partial charge in [0.15, 0.2) is 0 Å². The van der Waals surface area contributed by atoms with Gasteiger partial charge >= 0.3 is 6.01 Å². The molecule has 0 saturated heterocycles. The van der Waals surface area contributed by atoms with E-state index < -0.39 is 0 Å². The van der Waals surface area contributed by atoms with Crippen molar-refractivity contribution in [2.45, 2.75) is 0 Å². The fourth-order valence-electron chi connectivity index (χ4n) is 2.47. The third-order valence-electron chi connectivity index (χ3n) is 3.68. The van der Waals surface area contributed by atoms with Crippen molar-refractivity contribution in [3.8, 4) is 11.5 Å². The first-order chi connectivity index (χ1) is 11.8. The molecule has 1 heterocycles. The lowest BCUT2D eigenvalue weighted by molar-refractivity contribution is 0.102. The first kappa shape index (κ1) is 14.1. The summed E-state index contributed by atoms with van der Waals surface area (Å²) in [5.74, 6) is 0.0772. The second kappa shape index (κ2) is 5.96. The molecule has 0 aliphatic heterocycles. The van der Waals surface area contributed by atoms with Crippen molar-refractivity contribution in [1.82, 2.24) is 10.2 Å². The molecule has 5 nitrogen and oxygen atoms in total. The van der Waals surface area contributed by atoms with E-state index in [1.54, 1.807) is 6.07 Å². The number of hydrogen-bond donors (Lipinski definition) is 1. The number of rotatable bonds is 3. The van der Waals surface area contributed by atoms with Gasteiger partial charge in [-0.2, -0.15) is 0 Å². The van der Waals surface area contributed by atoms with Crippen LogP contribution in [-0.4, -0.2) is 16.1 Å². The molecule has 4 rings (SSSR count). The number of carbonyl (C=O) groups is 1. The molecular formula is C19H13N3O2. The molecule has 0 aliphatic rings. The zero-order chi connectivity index (χ0) is 16.4. The van der Waals surface area contributed by atoms with Gasteiger partial charge in [0, 0.05) is 11.1 Å². The van der Waals surface area contributed by atoms with Crippen LogP contribution in [0, 0.1) is 0 Å². The molecule has 0 fully saturated rings. The SMILES string of the molecule is O=C(Nc1nnc(-c2ccccc2)o1)c1ccc2ccccc2c1. The van der Waals surface area contributed by atoms with Crippen molar-refractivity contribution in [3.63, 3.8) is 0 Å². The quantitative estimate of drug-likeness (QED) is 0.617. The van der Waals surface area contributed by atoms with Crippen molar-refractivity contribution in [2.75, 3.05) is 5.32 Å². The molecule has 5 heteroatoms. The topological polar surface area (TPSA) is 68.0 Å². The molecule has 1 N–H and O–H groups in total. The van der Waals surface area contributed by atoms with Gasteiger partial charge in [0.05, 0.1) is 0 Å². The highest BCUT2D eigenvalue weighted by Gasteiger charge is 2.13. The number of benzene rings is 3. The lowest BCUT2D eigenvalue weighted by atomic mass is 10.1. The molecule has 0 bridgehead atoms. The Morgan fingerprint density at radius 1 is 0.833 bits per heavy atom. The second-order valence-corrected chi connectivity index (χ2v) is 5.29. The number of nitrogens with one attached hydrogen (secondary N) is 1. The fraction of sp³-hybridized carbons (Fsp3) is 0. The molecule has 0 unspecified atom stereocenters. The van der Waals surface area contributed by atoms with Crippen LogP contribution in [0.3, 0.4) is 0 Å². The van der Waals surface area contributed by atoms with Crippen molar-refractivity contribution >= 4 is 22.7 Å². The first-order valence-electron chi connectivity index (χ1n) is 7.49. The fourth-order valence-corrected chi connectivity index (χ4v) is 2.47. The van der Waals surface area contributed by atoms with E-state index in [-0.39, 0.29) is 11.9 Å². The van der Waals surface area contributed by atoms with Gasteiger partial charge in [-0.05, 0) is 35.0 Å². The van der Waals surface area contributed by atoms with Crippen LogP contribution in [-0.2, 0) is 0 Å². The van der Waals surface area contributed by atoms with Gasteiger partial charge in [0.2, 0.25) is 5.89 Å². The number of amides is 1. The lowest BCUT2D eigenvalue weighted by Gasteiger charge is -2.03. The van der Waals surface area contributed by atoms with Crippen LogP contribution in [0.25, 0.3) is 22.2 Å². The molecule has 1 aromatic heterocycles. The van der Waals surface area contributed by atoms with Crippen LogP contribution in [0.15, 0.2) is 77.2 Å². The Morgan fingerprint density at radius 3 is 2.42 bits per heavy atom. The molecule has 116 valence electrons. The van der Waals surface area contributed by atoms with E-state index in [2.05, 4.69) is 15.5 Å². The maximum atomic E-state index is 12.4. The molecule has 0 spiro atoms. The summed E-state index contributed by atoms with van der Waals surface area (Å²) in [7, 11) is 0. The van der Waals surface area contributed by atoms with E-state index in [0.29, 0.717) is 11.5 Å². The average Bonchev–Trinajstić information content (AvgIpc) is 3.10. The zero-order valence-electron chi connectivity index (χ0n) is 12.6. The molecular weight excluding hydrogens is 302 g/mol. The van der Waals surface area contributed by atoms with E-state index in [0.717, 1.165) is 16.3 Å². The molecule has 3 aromatic carbocycles. The van der Waals surface area contributed by atoms with Gasteiger partial charge in [-0.3, -0.25) is 10.1 Å². The molecule has 1 amide bonds. The van der Waals surface area contributed by atoms with Crippen LogP contribution in [0.2, 0.25) is 0 Å². The van der Waals surface area contributed by atoms with E-state index >= 15 is 0 Å². The maximum absolute atomic E-state index is 12.4. The number of hydrogen-bond acceptors (Lipinski definition) is 4. The third kappa shape index (κ3) is 2.75. The second-order valence-electron chi connectivity index (χ2n) is 5.29. The number of carbonyl (C=O) groups excluding carboxylic acids is 1. The highest BCUT2D eigenvalue weighted by Crippen LogP contribution is 2.20. The number of nitrogens with zero attached hydrogens (tertiary/aromatic N) is 2. The molecule has 0 saturated carbocycles. The summed E-state index contributed by atoms with van der Waals surface area (Å²) in [6.07, 6.45) is 0. The van der Waals surface area contributed by atoms with Gasteiger partial charge < -0.3 is 4.42 Å². The van der Waals surface area contributed by atoms with E-state index in [4.69, 9.17) is 4.42 Å². The molecule has 0 atom stereocenters. The summed E-state index contributed by atoms with van der Waals surface area (Å²) in [5, 5.41) is 12.5. The van der Waals surface area contributed by atoms with Crippen LogP contribution in [0.5, 0.6) is 0 Å². The van der Waals surface area contributed by atoms with Crippen LogP contribution in [0.1, 0.15) is 10.4 Å². The summed E-state index contributed by atoms with van der Waals surface area (Å²) >= 11 is 0. The van der Waals surface area contributed by atoms with E-state index in [1.165, 1.54) is 0 Å². The minimum atomic E-state index is -0.288. The molecule has 4 aromatic rings. The van der Waals surface area contributed by atoms with Crippen molar-refractivity contribution in [3.05, 3.63) is 78.4 Å². The summed E-state index contributed by atoms with van der Waals surface area (Å²) in [6, 6.07) is 22.9. The Hall–Kier alpha value is -3.47. The van der Waals surface area contributed by atoms with Crippen molar-refractivity contribution < 1.29 is 9.21 Å². The monoisotopic (exact) mass is 315 g/mol. The zero-order valence-corrected chi connectivity index (χ0v) is 12.6. The Labute approximate surface area is 138 Å². The summed E-state index contributed by atoms with van der Waals surface area (Å²) in [4.78, 5) is 12.4. The Balaban J connectivity index is 1.56. The summed E-state index contributed by atoms with van der Waals surface area (Å²) < 4.78 is 5.50. The standard InChI is InChI=1S/C19H13N3O2/c23-17(16-11-10-13-6-4-5-9-15(13)12-16)20-19-22-21-18(24-19)14-7-2-1-3-8-14/h1-12H,(H,20,22,23). The Bertz CT molecular complexity index is 1010. The Morgan fingerprint density at radius 2 is 1.58 bits per heavy atom. The minimum Gasteiger partial charge on any atom is -0.403 e. The lowest BCUT2D eigenvalue weighted by Crippen LogP contribution is -2.12. The van der Waals surface area contributed by atoms with Crippen molar-refractivity contribution in [2.24, 2.45) is 0 Å². The van der Waals surface area contributed by atoms with Crippen LogP contribution >= 0.6 is 0 Å². The highest BCUT2D eigenvalue weighted by atomic mass is 16.4. The number of fused-ring (bicyclic) bond motifs is 1. The van der Waals surface area contributed by atoms with Crippen LogP contribution < -0.4 is 5.32 Å². The summed E-state index contributed by atoms with van der Waals surface area (Å²) in [6.45, 7) is 0. The molecule has 24 heavy (non-hydrogen) atoms. The minimum absolute atomic E-state index is 0.0759.